The largest absolute Gasteiger partial charge is 0.428 e. The molecular formula is C15H9Cl4NO3S. The second-order valence-electron chi connectivity index (χ2n) is 4.73. The number of thioether (sulfide) groups is 1. The van der Waals surface area contributed by atoms with E-state index in [4.69, 9.17) is 55.9 Å². The van der Waals surface area contributed by atoms with E-state index in [0.717, 1.165) is 11.8 Å². The Morgan fingerprint density at radius 3 is 2.04 bits per heavy atom. The highest BCUT2D eigenvalue weighted by Crippen LogP contribution is 2.48. The third-order valence-corrected chi connectivity index (χ3v) is 4.81. The van der Waals surface area contributed by atoms with Gasteiger partial charge in [-0.05, 0) is 48.2 Å². The van der Waals surface area contributed by atoms with Crippen LogP contribution in [-0.4, -0.2) is 14.9 Å². The molecule has 0 aromatic heterocycles. The minimum atomic E-state index is -2.07. The topological polar surface area (TPSA) is 47.6 Å². The highest BCUT2D eigenvalue weighted by atomic mass is 35.6. The van der Waals surface area contributed by atoms with Crippen LogP contribution in [0.25, 0.3) is 0 Å². The van der Waals surface area contributed by atoms with Gasteiger partial charge in [-0.2, -0.15) is 0 Å². The summed E-state index contributed by atoms with van der Waals surface area (Å²) in [5.41, 5.74) is 0. The zero-order valence-electron chi connectivity index (χ0n) is 11.8. The van der Waals surface area contributed by atoms with E-state index in [2.05, 4.69) is 5.32 Å². The van der Waals surface area contributed by atoms with Gasteiger partial charge in [0.25, 0.3) is 9.03 Å². The monoisotopic (exact) mass is 423 g/mol. The normalized spacial score (nSPS) is 15.2. The lowest BCUT2D eigenvalue weighted by Gasteiger charge is -2.33. The Bertz CT molecular complexity index is 739. The van der Waals surface area contributed by atoms with E-state index in [9.17, 15) is 4.79 Å². The van der Waals surface area contributed by atoms with Crippen LogP contribution in [0.1, 0.15) is 0 Å². The summed E-state index contributed by atoms with van der Waals surface area (Å²) in [6.07, 6.45) is 0. The Morgan fingerprint density at radius 2 is 1.54 bits per heavy atom. The van der Waals surface area contributed by atoms with Crippen LogP contribution in [-0.2, 0) is 0 Å². The summed E-state index contributed by atoms with van der Waals surface area (Å²) in [4.78, 5) is 13.0. The van der Waals surface area contributed by atoms with E-state index < -0.39 is 14.9 Å². The molecule has 1 N–H and O–H groups in total. The minimum absolute atomic E-state index is 0.362. The van der Waals surface area contributed by atoms with Gasteiger partial charge in [0.05, 0.1) is 0 Å². The third-order valence-electron chi connectivity index (χ3n) is 3.02. The molecule has 9 heteroatoms. The fraction of sp³-hybridized carbons (Fsp3) is 0.133. The highest BCUT2D eigenvalue weighted by Gasteiger charge is 2.59. The number of alkyl halides is 3. The fourth-order valence-electron chi connectivity index (χ4n) is 1.96. The van der Waals surface area contributed by atoms with Gasteiger partial charge in [0.15, 0.2) is 11.5 Å². The lowest BCUT2D eigenvalue weighted by Crippen LogP contribution is -2.62. The number of hydrogen-bond donors (Lipinski definition) is 1. The van der Waals surface area contributed by atoms with Crippen LogP contribution in [0.2, 0.25) is 5.02 Å². The molecule has 0 atom stereocenters. The fourth-order valence-corrected chi connectivity index (χ4v) is 3.13. The predicted molar refractivity (Wildman–Crippen MR) is 96.6 cm³/mol. The number of rotatable bonds is 2. The Kier molecular flexibility index (Phi) is 5.00. The molecule has 126 valence electrons. The van der Waals surface area contributed by atoms with Gasteiger partial charge in [0.1, 0.15) is 0 Å². The van der Waals surface area contributed by atoms with Crippen LogP contribution in [0, 0.1) is 0 Å². The summed E-state index contributed by atoms with van der Waals surface area (Å²) >= 11 is 24.7. The van der Waals surface area contributed by atoms with Gasteiger partial charge in [-0.1, -0.05) is 58.5 Å². The molecule has 4 nitrogen and oxygen atoms in total. The van der Waals surface area contributed by atoms with Crippen molar-refractivity contribution in [2.75, 3.05) is 0 Å². The third kappa shape index (κ3) is 3.65. The molecule has 0 fully saturated rings. The van der Waals surface area contributed by atoms with Gasteiger partial charge < -0.3 is 9.47 Å². The van der Waals surface area contributed by atoms with Crippen molar-refractivity contribution in [1.82, 2.24) is 5.32 Å². The summed E-state index contributed by atoms with van der Waals surface area (Å²) in [7, 11) is 0. The van der Waals surface area contributed by atoms with Gasteiger partial charge in [-0.3, -0.25) is 10.1 Å². The van der Waals surface area contributed by atoms with Crippen LogP contribution in [0.15, 0.2) is 53.4 Å². The maximum Gasteiger partial charge on any atom is 0.388 e. The van der Waals surface area contributed by atoms with E-state index >= 15 is 0 Å². The van der Waals surface area contributed by atoms with Gasteiger partial charge in [-0.25, -0.2) is 0 Å². The molecule has 24 heavy (non-hydrogen) atoms. The summed E-state index contributed by atoms with van der Waals surface area (Å²) in [6.45, 7) is 0. The number of nitrogens with one attached hydrogen (secondary N) is 1. The number of amides is 1. The number of para-hydroxylation sites is 2. The van der Waals surface area contributed by atoms with Crippen molar-refractivity contribution in [3.8, 4) is 11.5 Å². The van der Waals surface area contributed by atoms with Crippen molar-refractivity contribution in [1.29, 1.82) is 0 Å². The summed E-state index contributed by atoms with van der Waals surface area (Å²) < 4.78 is 9.14. The smallest absolute Gasteiger partial charge is 0.388 e. The standard InChI is InChI=1S/C15H9Cl4NO3S/c16-9-5-7-10(8-6-9)24-13(21)20-15(14(17,18)19)22-11-3-1-2-4-12(11)23-15/h1-8H,(H,20,21). The second-order valence-corrected chi connectivity index (χ2v) is 8.50. The van der Waals surface area contributed by atoms with Crippen LogP contribution >= 0.6 is 58.2 Å². The first kappa shape index (κ1) is 17.8. The quantitative estimate of drug-likeness (QED) is 0.500. The number of hydrogen-bond acceptors (Lipinski definition) is 4. The number of carbonyl (C=O) groups is 1. The van der Waals surface area contributed by atoms with E-state index in [1.54, 1.807) is 48.5 Å². The highest BCUT2D eigenvalue weighted by molar-refractivity contribution is 8.13. The Hall–Kier alpha value is -0.980. The van der Waals surface area contributed by atoms with Crippen LogP contribution in [0.4, 0.5) is 4.79 Å². The molecule has 1 heterocycles. The van der Waals surface area contributed by atoms with E-state index in [1.807, 2.05) is 0 Å². The Labute approximate surface area is 162 Å². The molecule has 2 aromatic carbocycles. The molecular weight excluding hydrogens is 416 g/mol. The van der Waals surface area contributed by atoms with Crippen molar-refractivity contribution in [3.05, 3.63) is 53.6 Å². The van der Waals surface area contributed by atoms with Gasteiger partial charge in [0, 0.05) is 9.92 Å². The average Bonchev–Trinajstić information content (AvgIpc) is 2.88. The number of fused-ring (bicyclic) bond motifs is 1. The zero-order valence-corrected chi connectivity index (χ0v) is 15.6. The van der Waals surface area contributed by atoms with Crippen molar-refractivity contribution in [2.45, 2.75) is 14.6 Å². The van der Waals surface area contributed by atoms with Crippen molar-refractivity contribution >= 4 is 63.4 Å². The first-order chi connectivity index (χ1) is 11.3. The molecule has 0 spiro atoms. The molecule has 0 unspecified atom stereocenters. The average molecular weight is 425 g/mol. The molecule has 0 bridgehead atoms. The molecule has 0 saturated heterocycles. The predicted octanol–water partition coefficient (Wildman–Crippen LogP) is 5.64. The molecule has 1 amide bonds. The summed E-state index contributed by atoms with van der Waals surface area (Å²) in [5.74, 6) is -1.24. The summed E-state index contributed by atoms with van der Waals surface area (Å²) in [6, 6.07) is 13.5. The van der Waals surface area contributed by atoms with Crippen molar-refractivity contribution in [3.63, 3.8) is 0 Å². The van der Waals surface area contributed by atoms with Gasteiger partial charge in [0.2, 0.25) is 0 Å². The Morgan fingerprint density at radius 1 is 1.00 bits per heavy atom. The molecule has 0 aliphatic carbocycles. The molecule has 3 rings (SSSR count). The van der Waals surface area contributed by atoms with Gasteiger partial charge in [-0.15, -0.1) is 0 Å². The minimum Gasteiger partial charge on any atom is -0.428 e. The lowest BCUT2D eigenvalue weighted by atomic mass is 10.3. The number of ether oxygens (including phenoxy) is 2. The molecule has 2 aromatic rings. The van der Waals surface area contributed by atoms with Crippen LogP contribution in [0.3, 0.4) is 0 Å². The number of carbonyl (C=O) groups excluding carboxylic acids is 1. The zero-order chi connectivity index (χ0) is 17.4. The first-order valence-electron chi connectivity index (χ1n) is 6.58. The SMILES string of the molecule is O=C(NC1(C(Cl)(Cl)Cl)Oc2ccccc2O1)Sc1ccc(Cl)cc1. The van der Waals surface area contributed by atoms with E-state index in [0.29, 0.717) is 21.4 Å². The van der Waals surface area contributed by atoms with E-state index in [1.165, 1.54) is 0 Å². The van der Waals surface area contributed by atoms with Crippen LogP contribution < -0.4 is 14.8 Å². The van der Waals surface area contributed by atoms with Crippen LogP contribution in [0.5, 0.6) is 11.5 Å². The van der Waals surface area contributed by atoms with Gasteiger partial charge >= 0.3 is 5.91 Å². The molecule has 0 saturated carbocycles. The maximum absolute atomic E-state index is 12.3. The molecule has 0 radical (unpaired) electrons. The molecule has 1 aliphatic rings. The van der Waals surface area contributed by atoms with E-state index in [-0.39, 0.29) is 0 Å². The number of halogens is 4. The summed E-state index contributed by atoms with van der Waals surface area (Å²) in [5, 5.41) is 2.54. The lowest BCUT2D eigenvalue weighted by molar-refractivity contribution is -0.0911. The second kappa shape index (κ2) is 6.73. The maximum atomic E-state index is 12.3. The first-order valence-corrected chi connectivity index (χ1v) is 8.91. The van der Waals surface area contributed by atoms with Crippen molar-refractivity contribution < 1.29 is 14.3 Å². The number of benzene rings is 2. The van der Waals surface area contributed by atoms with Crippen molar-refractivity contribution in [2.24, 2.45) is 0 Å². The molecule has 1 aliphatic heterocycles. The Balaban J connectivity index is 1.79.